The van der Waals surface area contributed by atoms with E-state index in [0.29, 0.717) is 11.1 Å². The van der Waals surface area contributed by atoms with Gasteiger partial charge in [0.1, 0.15) is 5.76 Å². The van der Waals surface area contributed by atoms with E-state index in [2.05, 4.69) is 0 Å². The highest BCUT2D eigenvalue weighted by Crippen LogP contribution is 2.26. The molecule has 0 amide bonds. The Morgan fingerprint density at radius 1 is 0.806 bits per heavy atom. The molecule has 1 atom stereocenters. The van der Waals surface area contributed by atoms with E-state index < -0.39 is 29.2 Å². The summed E-state index contributed by atoms with van der Waals surface area (Å²) in [4.78, 5) is 36.9. The van der Waals surface area contributed by atoms with E-state index in [1.165, 1.54) is 15.9 Å². The molecule has 184 valence electrons. The van der Waals surface area contributed by atoms with Gasteiger partial charge in [0, 0.05) is 11.1 Å². The first-order valence-electron chi connectivity index (χ1n) is 9.73. The number of nitrogens with zero attached hydrogens (tertiary/aromatic N) is 6. The summed E-state index contributed by atoms with van der Waals surface area (Å²) in [6, 6.07) is 15.4. The molecule has 0 fully saturated rings. The van der Waals surface area contributed by atoms with E-state index >= 15 is 0 Å². The summed E-state index contributed by atoms with van der Waals surface area (Å²) in [5, 5.41) is 37.9. The number of aliphatic hydroxyl groups excluding tert-OH is 2. The number of rotatable bonds is 1. The normalized spacial score (nSPS) is 17.9. The Balaban J connectivity index is 0.000000309. The van der Waals surface area contributed by atoms with Crippen LogP contribution in [-0.2, 0) is 9.59 Å². The maximum Gasteiger partial charge on any atom is 0.233 e. The van der Waals surface area contributed by atoms with Gasteiger partial charge in [0.2, 0.25) is 23.1 Å². The molecular weight excluding hydrogens is 472 g/mol. The molecule has 0 aromatic heterocycles. The lowest BCUT2D eigenvalue weighted by atomic mass is 9.90. The molecule has 1 unspecified atom stereocenters. The minimum atomic E-state index is -2.60. The van der Waals surface area contributed by atoms with Crippen LogP contribution in [0.25, 0.3) is 43.8 Å². The van der Waals surface area contributed by atoms with E-state index in [-0.39, 0.29) is 11.3 Å². The lowest BCUT2D eigenvalue weighted by Gasteiger charge is -2.27. The highest BCUT2D eigenvalue weighted by molar-refractivity contribution is 6.49. The Morgan fingerprint density at radius 2 is 1.33 bits per heavy atom. The number of ketones is 3. The maximum absolute atomic E-state index is 11.7. The summed E-state index contributed by atoms with van der Waals surface area (Å²) in [6.07, 6.45) is 2.90. The molecule has 0 bridgehead atoms. The summed E-state index contributed by atoms with van der Waals surface area (Å²) in [5.74, 6) is -4.70. The minimum Gasteiger partial charge on any atom is -0.507 e. The third kappa shape index (κ3) is 7.50. The Hall–Kier alpha value is -5.03. The fraction of sp³-hybridized carbons (Fsp3) is 0.0870. The van der Waals surface area contributed by atoms with Crippen molar-refractivity contribution >= 4 is 29.2 Å². The molecule has 2 aliphatic carbocycles. The zero-order chi connectivity index (χ0) is 27.3. The summed E-state index contributed by atoms with van der Waals surface area (Å²) >= 11 is 0. The van der Waals surface area contributed by atoms with E-state index in [4.69, 9.17) is 22.1 Å². The Morgan fingerprint density at radius 3 is 1.92 bits per heavy atom. The standard InChI is InChI=1S/C13H12O5.C10H6O2.2N3/c14-10(8-4-2-1-3-5-8)9-6-7-13(17,18)12(16)11(9)15;11-9-6-5-7-3-1-2-4-8(7)10(9)12;2*1-3-2/h1-7,12,14,16-18H;1-6H;;/q;;2*-1. The third-order valence-electron chi connectivity index (χ3n) is 4.56. The molecule has 0 saturated carbocycles. The molecule has 4 rings (SSSR count). The van der Waals surface area contributed by atoms with E-state index in [1.807, 2.05) is 12.1 Å². The highest BCUT2D eigenvalue weighted by Gasteiger charge is 2.41. The topological polar surface area (TPSA) is 250 Å². The largest absolute Gasteiger partial charge is 0.507 e. The van der Waals surface area contributed by atoms with Crippen molar-refractivity contribution in [1.29, 1.82) is 0 Å². The van der Waals surface area contributed by atoms with E-state index in [0.717, 1.165) is 17.7 Å². The molecule has 36 heavy (non-hydrogen) atoms. The molecule has 13 heteroatoms. The van der Waals surface area contributed by atoms with Crippen LogP contribution in [0.5, 0.6) is 0 Å². The van der Waals surface area contributed by atoms with Gasteiger partial charge in [-0.15, -0.1) is 0 Å². The van der Waals surface area contributed by atoms with Crippen LogP contribution in [0, 0.1) is 0 Å². The number of aliphatic hydroxyl groups is 4. The first-order valence-corrected chi connectivity index (χ1v) is 9.73. The number of hydrogen-bond donors (Lipinski definition) is 4. The average Bonchev–Trinajstić information content (AvgIpc) is 2.87. The molecule has 0 spiro atoms. The Kier molecular flexibility index (Phi) is 11.0. The quantitative estimate of drug-likeness (QED) is 0.0881. The number of carbonyl (C=O) groups excluding carboxylic acids is 3. The summed E-state index contributed by atoms with van der Waals surface area (Å²) in [6.45, 7) is 0. The van der Waals surface area contributed by atoms with Crippen molar-refractivity contribution in [2.45, 2.75) is 11.9 Å². The van der Waals surface area contributed by atoms with Gasteiger partial charge in [0.05, 0.1) is 5.57 Å². The van der Waals surface area contributed by atoms with Gasteiger partial charge in [-0.25, -0.2) is 0 Å². The lowest BCUT2D eigenvalue weighted by Crippen LogP contribution is -2.48. The first kappa shape index (κ1) is 29.0. The molecule has 0 radical (unpaired) electrons. The summed E-state index contributed by atoms with van der Waals surface area (Å²) in [7, 11) is 0. The Labute approximate surface area is 203 Å². The number of Topliss-reactive ketones (excluding diaryl/α,β-unsaturated/α-hetero) is 2. The molecule has 2 aromatic carbocycles. The number of hydrogen-bond acceptors (Lipinski definition) is 7. The van der Waals surface area contributed by atoms with Gasteiger partial charge in [0.15, 0.2) is 6.10 Å². The second-order valence-corrected chi connectivity index (χ2v) is 6.80. The third-order valence-corrected chi connectivity index (χ3v) is 4.56. The van der Waals surface area contributed by atoms with Crippen molar-refractivity contribution in [1.82, 2.24) is 0 Å². The molecule has 2 aromatic rings. The van der Waals surface area contributed by atoms with Gasteiger partial charge < -0.3 is 42.6 Å². The minimum absolute atomic E-state index is 0.160. The van der Waals surface area contributed by atoms with E-state index in [1.54, 1.807) is 48.5 Å². The molecule has 0 heterocycles. The van der Waals surface area contributed by atoms with Crippen LogP contribution in [0.2, 0.25) is 0 Å². The van der Waals surface area contributed by atoms with Crippen molar-refractivity contribution in [3.05, 3.63) is 127 Å². The number of carbonyl (C=O) groups is 3. The van der Waals surface area contributed by atoms with Gasteiger partial charge in [-0.1, -0.05) is 60.7 Å². The van der Waals surface area contributed by atoms with Crippen molar-refractivity contribution in [3.8, 4) is 0 Å². The fourth-order valence-electron chi connectivity index (χ4n) is 2.89. The summed E-state index contributed by atoms with van der Waals surface area (Å²) in [5.41, 5.74) is 28.6. The molecule has 4 N–H and O–H groups in total. The average molecular weight is 490 g/mol. The van der Waals surface area contributed by atoms with Crippen LogP contribution in [0.4, 0.5) is 0 Å². The van der Waals surface area contributed by atoms with Crippen LogP contribution in [0.15, 0.2) is 78.4 Å². The van der Waals surface area contributed by atoms with Gasteiger partial charge in [0.25, 0.3) is 0 Å². The van der Waals surface area contributed by atoms with Crippen molar-refractivity contribution in [3.63, 3.8) is 0 Å². The summed E-state index contributed by atoms with van der Waals surface area (Å²) < 4.78 is 0. The second-order valence-electron chi connectivity index (χ2n) is 6.80. The van der Waals surface area contributed by atoms with Crippen LogP contribution in [0.3, 0.4) is 0 Å². The first-order chi connectivity index (χ1) is 17.0. The van der Waals surface area contributed by atoms with Gasteiger partial charge >= 0.3 is 0 Å². The zero-order valence-electron chi connectivity index (χ0n) is 18.3. The second kappa shape index (κ2) is 13.6. The lowest BCUT2D eigenvalue weighted by molar-refractivity contribution is -0.191. The molecule has 13 nitrogen and oxygen atoms in total. The predicted octanol–water partition coefficient (Wildman–Crippen LogP) is 3.33. The van der Waals surface area contributed by atoms with Gasteiger partial charge in [-0.05, 0) is 23.8 Å². The van der Waals surface area contributed by atoms with Crippen LogP contribution < -0.4 is 0 Å². The van der Waals surface area contributed by atoms with Crippen LogP contribution in [-0.4, -0.2) is 49.7 Å². The van der Waals surface area contributed by atoms with Crippen LogP contribution in [0.1, 0.15) is 21.5 Å². The van der Waals surface area contributed by atoms with Gasteiger partial charge in [-0.2, -0.15) is 0 Å². The molecular formula is C23H18N6O7-2. The van der Waals surface area contributed by atoms with Crippen LogP contribution >= 0.6 is 0 Å². The number of fused-ring (bicyclic) bond motifs is 1. The maximum atomic E-state index is 11.7. The Bertz CT molecular complexity index is 1280. The fourth-order valence-corrected chi connectivity index (χ4v) is 2.89. The number of benzene rings is 2. The predicted molar refractivity (Wildman–Crippen MR) is 128 cm³/mol. The number of allylic oxidation sites excluding steroid dienone is 2. The highest BCUT2D eigenvalue weighted by atomic mass is 16.5. The monoisotopic (exact) mass is 490 g/mol. The van der Waals surface area contributed by atoms with E-state index in [9.17, 15) is 34.8 Å². The zero-order valence-corrected chi connectivity index (χ0v) is 18.3. The molecule has 2 aliphatic rings. The molecule has 0 saturated heterocycles. The van der Waals surface area contributed by atoms with Gasteiger partial charge in [-0.3, -0.25) is 24.2 Å². The smallest absolute Gasteiger partial charge is 0.233 e. The van der Waals surface area contributed by atoms with Crippen molar-refractivity contribution in [2.75, 3.05) is 0 Å². The molecule has 0 aliphatic heterocycles. The van der Waals surface area contributed by atoms with Crippen molar-refractivity contribution < 1.29 is 34.8 Å². The SMILES string of the molecule is O=C1C(=C(O)c2ccccc2)C=CC(O)(O)C1O.O=C1C=Cc2ccccc2C1=O.[N-]=[N+]=[N-].[N-]=[N+]=[N-]. The van der Waals surface area contributed by atoms with Crippen molar-refractivity contribution in [2.24, 2.45) is 0 Å².